The largest absolute Gasteiger partial charge is 0.443 e. The lowest BCUT2D eigenvalue weighted by Crippen LogP contribution is -2.34. The van der Waals surface area contributed by atoms with Crippen molar-refractivity contribution in [2.24, 2.45) is 10.7 Å². The Morgan fingerprint density at radius 1 is 1.56 bits per heavy atom. The molecule has 1 atom stereocenters. The molecule has 84 valence electrons. The summed E-state index contributed by atoms with van der Waals surface area (Å²) in [4.78, 5) is 15.5. The van der Waals surface area contributed by atoms with Crippen molar-refractivity contribution in [1.29, 1.82) is 0 Å². The summed E-state index contributed by atoms with van der Waals surface area (Å²) in [5.41, 5.74) is 5.16. The van der Waals surface area contributed by atoms with Gasteiger partial charge in [-0.3, -0.25) is 4.79 Å². The van der Waals surface area contributed by atoms with Gasteiger partial charge in [-0.1, -0.05) is 35.0 Å². The fraction of sp³-hybridized carbons (Fsp3) is 0.273. The fourth-order valence-electron chi connectivity index (χ4n) is 1.78. The van der Waals surface area contributed by atoms with Crippen molar-refractivity contribution < 1.29 is 9.53 Å². The molecule has 2 N–H and O–H groups in total. The first-order valence-corrected chi connectivity index (χ1v) is 5.71. The fourth-order valence-corrected chi connectivity index (χ4v) is 2.18. The predicted molar refractivity (Wildman–Crippen MR) is 63.8 cm³/mol. The van der Waals surface area contributed by atoms with Gasteiger partial charge in [-0.05, 0) is 18.6 Å². The van der Waals surface area contributed by atoms with Gasteiger partial charge in [-0.15, -0.1) is 0 Å². The Balaban J connectivity index is 2.48. The normalized spacial score (nSPS) is 24.1. The molecule has 1 heterocycles. The van der Waals surface area contributed by atoms with E-state index < -0.39 is 5.60 Å². The van der Waals surface area contributed by atoms with Gasteiger partial charge in [0.2, 0.25) is 5.60 Å². The van der Waals surface area contributed by atoms with Crippen LogP contribution in [0.25, 0.3) is 0 Å². The van der Waals surface area contributed by atoms with E-state index in [0.717, 1.165) is 10.0 Å². The summed E-state index contributed by atoms with van der Waals surface area (Å²) in [6, 6.07) is 7.35. The first-order valence-electron chi connectivity index (χ1n) is 4.92. The Morgan fingerprint density at radius 3 is 2.81 bits per heavy atom. The second-order valence-corrected chi connectivity index (χ2v) is 4.46. The zero-order valence-corrected chi connectivity index (χ0v) is 10.3. The summed E-state index contributed by atoms with van der Waals surface area (Å²) >= 11 is 3.36. The number of amides is 1. The zero-order chi connectivity index (χ0) is 11.8. The number of aliphatic imine (C=N–C) groups is 1. The Hall–Kier alpha value is -1.36. The summed E-state index contributed by atoms with van der Waals surface area (Å²) in [6.07, 6.45) is 0.493. The third-order valence-corrected chi connectivity index (χ3v) is 3.12. The molecule has 0 aliphatic carbocycles. The van der Waals surface area contributed by atoms with Crippen LogP contribution >= 0.6 is 15.9 Å². The van der Waals surface area contributed by atoms with Crippen molar-refractivity contribution in [2.45, 2.75) is 18.9 Å². The van der Waals surface area contributed by atoms with Crippen LogP contribution in [0.2, 0.25) is 0 Å². The summed E-state index contributed by atoms with van der Waals surface area (Å²) in [5.74, 6) is -0.342. The standard InChI is InChI=1S/C11H11BrN2O2/c1-2-11(9(15)14-10(13)16-11)7-4-3-5-8(12)6-7/h3-6H,2H2,1H3,(H2,13,14,15). The number of carbonyl (C=O) groups is 1. The lowest BCUT2D eigenvalue weighted by molar-refractivity contribution is -0.131. The van der Waals surface area contributed by atoms with E-state index in [0.29, 0.717) is 6.42 Å². The second kappa shape index (κ2) is 3.90. The maximum Gasteiger partial charge on any atom is 0.299 e. The molecule has 4 nitrogen and oxygen atoms in total. The molecule has 0 fully saturated rings. The maximum atomic E-state index is 11.8. The second-order valence-electron chi connectivity index (χ2n) is 3.55. The number of amidine groups is 1. The maximum absolute atomic E-state index is 11.8. The third-order valence-electron chi connectivity index (χ3n) is 2.62. The van der Waals surface area contributed by atoms with Gasteiger partial charge in [0.25, 0.3) is 11.9 Å². The molecule has 0 saturated heterocycles. The molecular weight excluding hydrogens is 272 g/mol. The molecule has 1 aliphatic heterocycles. The van der Waals surface area contributed by atoms with E-state index in [2.05, 4.69) is 20.9 Å². The van der Waals surface area contributed by atoms with Crippen molar-refractivity contribution in [1.82, 2.24) is 0 Å². The minimum Gasteiger partial charge on any atom is -0.443 e. The molecular formula is C11H11BrN2O2. The van der Waals surface area contributed by atoms with E-state index in [-0.39, 0.29) is 11.9 Å². The molecule has 0 saturated carbocycles. The predicted octanol–water partition coefficient (Wildman–Crippen LogP) is 1.93. The summed E-state index contributed by atoms with van der Waals surface area (Å²) in [6.45, 7) is 1.87. The first kappa shape index (κ1) is 11.1. The van der Waals surface area contributed by atoms with Crippen molar-refractivity contribution >= 4 is 27.9 Å². The van der Waals surface area contributed by atoms with Crippen LogP contribution in [0.3, 0.4) is 0 Å². The van der Waals surface area contributed by atoms with Crippen LogP contribution in [0.5, 0.6) is 0 Å². The highest BCUT2D eigenvalue weighted by atomic mass is 79.9. The van der Waals surface area contributed by atoms with Gasteiger partial charge in [0.05, 0.1) is 0 Å². The average molecular weight is 283 g/mol. The lowest BCUT2D eigenvalue weighted by Gasteiger charge is -2.24. The van der Waals surface area contributed by atoms with E-state index in [1.807, 2.05) is 31.2 Å². The molecule has 2 rings (SSSR count). The Labute approximate surface area is 102 Å². The molecule has 0 spiro atoms. The van der Waals surface area contributed by atoms with Gasteiger partial charge in [0, 0.05) is 10.0 Å². The van der Waals surface area contributed by atoms with Gasteiger partial charge in [0.15, 0.2) is 0 Å². The molecule has 0 bridgehead atoms. The number of ether oxygens (including phenoxy) is 1. The van der Waals surface area contributed by atoms with Crippen molar-refractivity contribution in [3.05, 3.63) is 34.3 Å². The third kappa shape index (κ3) is 1.61. The number of benzene rings is 1. The molecule has 1 aromatic rings. The number of hydrogen-bond acceptors (Lipinski definition) is 3. The zero-order valence-electron chi connectivity index (χ0n) is 8.74. The van der Waals surface area contributed by atoms with E-state index in [4.69, 9.17) is 10.5 Å². The number of hydrogen-bond donors (Lipinski definition) is 1. The molecule has 16 heavy (non-hydrogen) atoms. The smallest absolute Gasteiger partial charge is 0.299 e. The van der Waals surface area contributed by atoms with Gasteiger partial charge >= 0.3 is 0 Å². The minimum absolute atomic E-state index is 0.0631. The highest BCUT2D eigenvalue weighted by molar-refractivity contribution is 9.10. The van der Waals surface area contributed by atoms with Gasteiger partial charge in [-0.25, -0.2) is 0 Å². The molecule has 0 radical (unpaired) electrons. The lowest BCUT2D eigenvalue weighted by atomic mass is 9.90. The van der Waals surface area contributed by atoms with E-state index in [9.17, 15) is 4.79 Å². The SMILES string of the molecule is CCC1(c2cccc(Br)c2)OC(N)=NC1=O. The van der Waals surface area contributed by atoms with E-state index in [1.54, 1.807) is 0 Å². The Morgan fingerprint density at radius 2 is 2.31 bits per heavy atom. The highest BCUT2D eigenvalue weighted by Gasteiger charge is 2.46. The first-order chi connectivity index (χ1) is 7.58. The van der Waals surface area contributed by atoms with Crippen molar-refractivity contribution in [3.63, 3.8) is 0 Å². The molecule has 1 amide bonds. The average Bonchev–Trinajstić information content (AvgIpc) is 2.54. The number of halogens is 1. The number of nitrogens with two attached hydrogens (primary N) is 1. The van der Waals surface area contributed by atoms with Gasteiger partial charge in [0.1, 0.15) is 0 Å². The van der Waals surface area contributed by atoms with Crippen molar-refractivity contribution in [2.75, 3.05) is 0 Å². The summed E-state index contributed by atoms with van der Waals surface area (Å²) in [7, 11) is 0. The van der Waals surface area contributed by atoms with Crippen LogP contribution in [0, 0.1) is 0 Å². The molecule has 0 aromatic heterocycles. The van der Waals surface area contributed by atoms with E-state index >= 15 is 0 Å². The van der Waals surface area contributed by atoms with Crippen molar-refractivity contribution in [3.8, 4) is 0 Å². The number of rotatable bonds is 2. The summed E-state index contributed by atoms with van der Waals surface area (Å²) in [5, 5.41) is 0. The van der Waals surface area contributed by atoms with Crippen LogP contribution in [-0.4, -0.2) is 11.9 Å². The van der Waals surface area contributed by atoms with Gasteiger partial charge in [-0.2, -0.15) is 4.99 Å². The van der Waals surface area contributed by atoms with Crippen LogP contribution in [-0.2, 0) is 15.1 Å². The number of carbonyl (C=O) groups excluding carboxylic acids is 1. The quantitative estimate of drug-likeness (QED) is 0.901. The van der Waals surface area contributed by atoms with E-state index in [1.165, 1.54) is 0 Å². The highest BCUT2D eigenvalue weighted by Crippen LogP contribution is 2.35. The summed E-state index contributed by atoms with van der Waals surface area (Å²) < 4.78 is 6.30. The molecule has 5 heteroatoms. The minimum atomic E-state index is -1.05. The van der Waals surface area contributed by atoms with Gasteiger partial charge < -0.3 is 10.5 Å². The Bertz CT molecular complexity index is 473. The van der Waals surface area contributed by atoms with Crippen LogP contribution in [0.4, 0.5) is 0 Å². The van der Waals surface area contributed by atoms with Crippen LogP contribution < -0.4 is 5.73 Å². The number of nitrogens with zero attached hydrogens (tertiary/aromatic N) is 1. The monoisotopic (exact) mass is 282 g/mol. The molecule has 1 unspecified atom stereocenters. The van der Waals surface area contributed by atoms with Crippen LogP contribution in [0.1, 0.15) is 18.9 Å². The molecule has 1 aliphatic rings. The topological polar surface area (TPSA) is 64.7 Å². The van der Waals surface area contributed by atoms with Crippen LogP contribution in [0.15, 0.2) is 33.7 Å². The Kier molecular flexibility index (Phi) is 2.71. The molecule has 1 aromatic carbocycles.